The number of nitrogens with zero attached hydrogens (tertiary/aromatic N) is 2. The zero-order valence-electron chi connectivity index (χ0n) is 7.77. The zero-order chi connectivity index (χ0) is 9.84. The summed E-state index contributed by atoms with van der Waals surface area (Å²) in [6, 6.07) is 0. The lowest BCUT2D eigenvalue weighted by Crippen LogP contribution is -2.11. The van der Waals surface area contributed by atoms with E-state index in [0.717, 1.165) is 25.3 Å². The molecule has 0 fully saturated rings. The van der Waals surface area contributed by atoms with Gasteiger partial charge in [0.1, 0.15) is 11.0 Å². The molecule has 0 aliphatic heterocycles. The molecule has 1 aromatic rings. The van der Waals surface area contributed by atoms with Crippen LogP contribution in [0.3, 0.4) is 0 Å². The summed E-state index contributed by atoms with van der Waals surface area (Å²) in [7, 11) is 1.93. The number of hydrogen-bond donors (Lipinski definition) is 1. The molecular weight excluding hydrogens is 209 g/mol. The highest BCUT2D eigenvalue weighted by molar-refractivity contribution is 6.40. The Kier molecular flexibility index (Phi) is 4.03. The topological polar surface area (TPSA) is 29.9 Å². The molecule has 0 aromatic carbocycles. The van der Waals surface area contributed by atoms with E-state index in [0.29, 0.717) is 10.3 Å². The standard InChI is InChI=1S/C8H13Cl2N3/c1-6-12-7(9)8(10)13(6)5-3-4-11-2/h11H,3-5H2,1-2H3. The quantitative estimate of drug-likeness (QED) is 0.790. The Bertz CT molecular complexity index is 283. The van der Waals surface area contributed by atoms with Gasteiger partial charge in [0, 0.05) is 6.54 Å². The monoisotopic (exact) mass is 221 g/mol. The SMILES string of the molecule is CNCCCn1c(C)nc(Cl)c1Cl. The van der Waals surface area contributed by atoms with Crippen LogP contribution in [0.5, 0.6) is 0 Å². The van der Waals surface area contributed by atoms with Gasteiger partial charge in [-0.25, -0.2) is 4.98 Å². The molecule has 1 rings (SSSR count). The van der Waals surface area contributed by atoms with Crippen LogP contribution < -0.4 is 5.32 Å². The van der Waals surface area contributed by atoms with E-state index < -0.39 is 0 Å². The Morgan fingerprint density at radius 3 is 2.62 bits per heavy atom. The van der Waals surface area contributed by atoms with Gasteiger partial charge in [0.05, 0.1) is 0 Å². The number of halogens is 2. The summed E-state index contributed by atoms with van der Waals surface area (Å²) in [4.78, 5) is 4.07. The van der Waals surface area contributed by atoms with Gasteiger partial charge >= 0.3 is 0 Å². The van der Waals surface area contributed by atoms with Crippen molar-refractivity contribution in [2.45, 2.75) is 19.9 Å². The summed E-state index contributed by atoms with van der Waals surface area (Å²) in [5.74, 6) is 0.867. The fourth-order valence-electron chi connectivity index (χ4n) is 1.18. The van der Waals surface area contributed by atoms with Crippen molar-refractivity contribution in [3.05, 3.63) is 16.1 Å². The largest absolute Gasteiger partial charge is 0.320 e. The fraction of sp³-hybridized carbons (Fsp3) is 0.625. The average Bonchev–Trinajstić information content (AvgIpc) is 2.32. The van der Waals surface area contributed by atoms with Crippen LogP contribution in [0.15, 0.2) is 0 Å². The van der Waals surface area contributed by atoms with Gasteiger partial charge in [-0.15, -0.1) is 0 Å². The maximum atomic E-state index is 5.94. The minimum atomic E-state index is 0.392. The van der Waals surface area contributed by atoms with Gasteiger partial charge in [0.15, 0.2) is 5.15 Å². The third-order valence-corrected chi connectivity index (χ3v) is 2.61. The van der Waals surface area contributed by atoms with Gasteiger partial charge in [-0.1, -0.05) is 23.2 Å². The molecule has 5 heteroatoms. The number of hydrogen-bond acceptors (Lipinski definition) is 2. The molecule has 0 bridgehead atoms. The second kappa shape index (κ2) is 4.84. The first-order valence-corrected chi connectivity index (χ1v) is 4.95. The minimum Gasteiger partial charge on any atom is -0.320 e. The van der Waals surface area contributed by atoms with Crippen LogP contribution in [-0.4, -0.2) is 23.1 Å². The molecule has 74 valence electrons. The lowest BCUT2D eigenvalue weighted by molar-refractivity contribution is 0.601. The van der Waals surface area contributed by atoms with E-state index in [1.165, 1.54) is 0 Å². The molecule has 0 aliphatic rings. The number of rotatable bonds is 4. The van der Waals surface area contributed by atoms with Crippen molar-refractivity contribution in [2.24, 2.45) is 0 Å². The maximum Gasteiger partial charge on any atom is 0.166 e. The highest BCUT2D eigenvalue weighted by Gasteiger charge is 2.09. The molecule has 0 saturated carbocycles. The molecule has 1 heterocycles. The summed E-state index contributed by atoms with van der Waals surface area (Å²) >= 11 is 11.7. The van der Waals surface area contributed by atoms with Crippen molar-refractivity contribution in [1.29, 1.82) is 0 Å². The molecule has 3 nitrogen and oxygen atoms in total. The Hall–Kier alpha value is -0.250. The fourth-order valence-corrected chi connectivity index (χ4v) is 1.65. The van der Waals surface area contributed by atoms with E-state index in [4.69, 9.17) is 23.2 Å². The van der Waals surface area contributed by atoms with E-state index in [-0.39, 0.29) is 0 Å². The van der Waals surface area contributed by atoms with Crippen molar-refractivity contribution in [3.8, 4) is 0 Å². The molecule has 1 N–H and O–H groups in total. The number of aromatic nitrogens is 2. The molecule has 0 amide bonds. The van der Waals surface area contributed by atoms with E-state index in [1.807, 2.05) is 18.5 Å². The second-order valence-electron chi connectivity index (χ2n) is 2.85. The summed E-state index contributed by atoms with van der Waals surface area (Å²) in [5.41, 5.74) is 0. The Balaban J connectivity index is 2.64. The van der Waals surface area contributed by atoms with Crippen LogP contribution in [0, 0.1) is 6.92 Å². The zero-order valence-corrected chi connectivity index (χ0v) is 9.28. The summed E-state index contributed by atoms with van der Waals surface area (Å²) in [5, 5.41) is 4.00. The highest BCUT2D eigenvalue weighted by Crippen LogP contribution is 2.22. The maximum absolute atomic E-state index is 5.94. The van der Waals surface area contributed by atoms with E-state index in [1.54, 1.807) is 0 Å². The van der Waals surface area contributed by atoms with Crippen molar-refractivity contribution < 1.29 is 0 Å². The summed E-state index contributed by atoms with van der Waals surface area (Å²) < 4.78 is 1.92. The lowest BCUT2D eigenvalue weighted by atomic mass is 10.4. The smallest absolute Gasteiger partial charge is 0.166 e. The van der Waals surface area contributed by atoms with Crippen LogP contribution in [-0.2, 0) is 6.54 Å². The van der Waals surface area contributed by atoms with Crippen molar-refractivity contribution in [2.75, 3.05) is 13.6 Å². The highest BCUT2D eigenvalue weighted by atomic mass is 35.5. The van der Waals surface area contributed by atoms with Crippen LogP contribution in [0.2, 0.25) is 10.3 Å². The van der Waals surface area contributed by atoms with E-state index >= 15 is 0 Å². The molecular formula is C8H13Cl2N3. The van der Waals surface area contributed by atoms with Crippen molar-refractivity contribution in [1.82, 2.24) is 14.9 Å². The number of imidazole rings is 1. The Morgan fingerprint density at radius 1 is 1.46 bits per heavy atom. The van der Waals surface area contributed by atoms with Crippen molar-refractivity contribution >= 4 is 23.2 Å². The van der Waals surface area contributed by atoms with Crippen LogP contribution in [0.1, 0.15) is 12.2 Å². The average molecular weight is 222 g/mol. The third-order valence-electron chi connectivity index (χ3n) is 1.87. The molecule has 13 heavy (non-hydrogen) atoms. The van der Waals surface area contributed by atoms with Crippen molar-refractivity contribution in [3.63, 3.8) is 0 Å². The Labute approximate surface area is 88.1 Å². The van der Waals surface area contributed by atoms with Gasteiger partial charge in [-0.05, 0) is 26.9 Å². The van der Waals surface area contributed by atoms with Gasteiger partial charge in [-0.2, -0.15) is 0 Å². The molecule has 0 unspecified atom stereocenters. The summed E-state index contributed by atoms with van der Waals surface area (Å²) in [6.07, 6.45) is 1.02. The molecule has 0 atom stereocenters. The normalized spacial score (nSPS) is 10.8. The van der Waals surface area contributed by atoms with Gasteiger partial charge in [-0.3, -0.25) is 0 Å². The number of nitrogens with one attached hydrogen (secondary N) is 1. The first kappa shape index (κ1) is 10.8. The summed E-state index contributed by atoms with van der Waals surface area (Å²) in [6.45, 7) is 3.72. The Morgan fingerprint density at radius 2 is 2.15 bits per heavy atom. The predicted molar refractivity (Wildman–Crippen MR) is 55.5 cm³/mol. The number of aryl methyl sites for hydroxylation is 1. The molecule has 1 aromatic heterocycles. The van der Waals surface area contributed by atoms with Gasteiger partial charge < -0.3 is 9.88 Å². The predicted octanol–water partition coefficient (Wildman–Crippen LogP) is 2.11. The van der Waals surface area contributed by atoms with Gasteiger partial charge in [0.2, 0.25) is 0 Å². The molecule has 0 aliphatic carbocycles. The lowest BCUT2D eigenvalue weighted by Gasteiger charge is -2.05. The molecule has 0 spiro atoms. The second-order valence-corrected chi connectivity index (χ2v) is 3.57. The molecule has 0 radical (unpaired) electrons. The van der Waals surface area contributed by atoms with Crippen LogP contribution >= 0.6 is 23.2 Å². The minimum absolute atomic E-state index is 0.392. The molecule has 0 saturated heterocycles. The van der Waals surface area contributed by atoms with Gasteiger partial charge in [0.25, 0.3) is 0 Å². The van der Waals surface area contributed by atoms with Crippen LogP contribution in [0.25, 0.3) is 0 Å². The van der Waals surface area contributed by atoms with Crippen LogP contribution in [0.4, 0.5) is 0 Å². The third kappa shape index (κ3) is 2.59. The van der Waals surface area contributed by atoms with E-state index in [9.17, 15) is 0 Å². The van der Waals surface area contributed by atoms with E-state index in [2.05, 4.69) is 10.3 Å². The first-order valence-electron chi connectivity index (χ1n) is 4.19. The first-order chi connectivity index (χ1) is 6.16.